The smallest absolute Gasteiger partial charge is 0.0443 e. The third kappa shape index (κ3) is 4.11. The molecule has 1 aliphatic heterocycles. The summed E-state index contributed by atoms with van der Waals surface area (Å²) < 4.78 is 0. The van der Waals surface area contributed by atoms with Crippen LogP contribution >= 0.6 is 11.8 Å². The Bertz CT molecular complexity index is 387. The van der Waals surface area contributed by atoms with Crippen molar-refractivity contribution in [1.82, 2.24) is 10.3 Å². The molecule has 1 fully saturated rings. The lowest BCUT2D eigenvalue weighted by Gasteiger charge is -2.37. The Balaban J connectivity index is 2.09. The first-order valence-electron chi connectivity index (χ1n) is 7.24. The molecule has 3 nitrogen and oxygen atoms in total. The first-order chi connectivity index (χ1) is 9.20. The van der Waals surface area contributed by atoms with Crippen LogP contribution in [-0.4, -0.2) is 35.1 Å². The summed E-state index contributed by atoms with van der Waals surface area (Å²) in [5, 5.41) is 4.89. The zero-order valence-corrected chi connectivity index (χ0v) is 13.0. The van der Waals surface area contributed by atoms with Crippen LogP contribution in [0.25, 0.3) is 0 Å². The fourth-order valence-electron chi connectivity index (χ4n) is 2.64. The largest absolute Gasteiger partial charge is 0.369 e. The van der Waals surface area contributed by atoms with Crippen molar-refractivity contribution in [2.24, 2.45) is 0 Å². The third-order valence-corrected chi connectivity index (χ3v) is 4.61. The van der Waals surface area contributed by atoms with Crippen LogP contribution in [0.5, 0.6) is 0 Å². The lowest BCUT2D eigenvalue weighted by atomic mass is 10.2. The van der Waals surface area contributed by atoms with Crippen molar-refractivity contribution in [3.05, 3.63) is 24.0 Å². The van der Waals surface area contributed by atoms with E-state index in [-0.39, 0.29) is 0 Å². The van der Waals surface area contributed by atoms with E-state index in [1.54, 1.807) is 0 Å². The predicted molar refractivity (Wildman–Crippen MR) is 85.0 cm³/mol. The van der Waals surface area contributed by atoms with Gasteiger partial charge >= 0.3 is 0 Å². The highest BCUT2D eigenvalue weighted by molar-refractivity contribution is 8.00. The molecule has 4 heteroatoms. The zero-order chi connectivity index (χ0) is 13.7. The number of hydrogen-bond donors (Lipinski definition) is 1. The number of nitrogens with one attached hydrogen (secondary N) is 1. The van der Waals surface area contributed by atoms with Crippen LogP contribution < -0.4 is 10.2 Å². The second-order valence-corrected chi connectivity index (χ2v) is 7.23. The highest BCUT2D eigenvalue weighted by Gasteiger charge is 2.23. The van der Waals surface area contributed by atoms with E-state index in [1.165, 1.54) is 17.7 Å². The molecule has 1 aliphatic rings. The van der Waals surface area contributed by atoms with Crippen molar-refractivity contribution < 1.29 is 0 Å². The molecule has 1 saturated heterocycles. The topological polar surface area (TPSA) is 28.2 Å². The molecular weight excluding hydrogens is 254 g/mol. The van der Waals surface area contributed by atoms with Crippen molar-refractivity contribution in [2.45, 2.75) is 44.2 Å². The van der Waals surface area contributed by atoms with E-state index in [4.69, 9.17) is 0 Å². The standard InChI is InChI=1S/C15H25N3S/c1-4-6-16-8-14-9-17-7-5-15(14)18-10-12(2)19-13(3)11-18/h5,7,9,12-13,16H,4,6,8,10-11H2,1-3H3. The van der Waals surface area contributed by atoms with E-state index < -0.39 is 0 Å². The second kappa shape index (κ2) is 7.15. The average Bonchev–Trinajstić information content (AvgIpc) is 2.38. The molecule has 0 saturated carbocycles. The molecule has 0 aliphatic carbocycles. The SMILES string of the molecule is CCCNCc1cnccc1N1CC(C)SC(C)C1. The number of rotatable bonds is 5. The molecule has 0 spiro atoms. The van der Waals surface area contributed by atoms with Crippen LogP contribution in [0.3, 0.4) is 0 Å². The average molecular weight is 279 g/mol. The summed E-state index contributed by atoms with van der Waals surface area (Å²) in [6.45, 7) is 11.1. The Morgan fingerprint density at radius 2 is 2.11 bits per heavy atom. The summed E-state index contributed by atoms with van der Waals surface area (Å²) in [5.74, 6) is 0. The Hall–Kier alpha value is -0.740. The fraction of sp³-hybridized carbons (Fsp3) is 0.667. The summed E-state index contributed by atoms with van der Waals surface area (Å²) >= 11 is 2.09. The van der Waals surface area contributed by atoms with Crippen LogP contribution in [0.2, 0.25) is 0 Å². The van der Waals surface area contributed by atoms with Gasteiger partial charge in [0.05, 0.1) is 0 Å². The molecule has 0 aromatic carbocycles. The first-order valence-corrected chi connectivity index (χ1v) is 8.19. The number of aromatic nitrogens is 1. The number of anilines is 1. The van der Waals surface area contributed by atoms with E-state index in [1.807, 2.05) is 12.4 Å². The molecule has 2 atom stereocenters. The number of hydrogen-bond acceptors (Lipinski definition) is 4. The maximum absolute atomic E-state index is 4.29. The molecule has 0 radical (unpaired) electrons. The predicted octanol–water partition coefficient (Wildman–Crippen LogP) is 2.91. The molecule has 19 heavy (non-hydrogen) atoms. The Labute approximate surface area is 121 Å². The molecule has 1 N–H and O–H groups in total. The third-order valence-electron chi connectivity index (χ3n) is 3.38. The molecule has 1 aromatic rings. The molecule has 1 aromatic heterocycles. The first kappa shape index (κ1) is 14.7. The minimum atomic E-state index is 0.702. The maximum atomic E-state index is 4.29. The van der Waals surface area contributed by atoms with Gasteiger partial charge in [0.15, 0.2) is 0 Å². The fourth-order valence-corrected chi connectivity index (χ4v) is 3.96. The van der Waals surface area contributed by atoms with E-state index in [0.717, 1.165) is 26.2 Å². The molecule has 2 heterocycles. The van der Waals surface area contributed by atoms with Gasteiger partial charge in [-0.1, -0.05) is 20.8 Å². The van der Waals surface area contributed by atoms with Gasteiger partial charge in [-0.3, -0.25) is 4.98 Å². The Kier molecular flexibility index (Phi) is 5.52. The zero-order valence-electron chi connectivity index (χ0n) is 12.2. The molecule has 2 rings (SSSR count). The summed E-state index contributed by atoms with van der Waals surface area (Å²) in [5.41, 5.74) is 2.68. The minimum absolute atomic E-state index is 0.702. The summed E-state index contributed by atoms with van der Waals surface area (Å²) in [7, 11) is 0. The molecule has 106 valence electrons. The lowest BCUT2D eigenvalue weighted by Crippen LogP contribution is -2.41. The highest BCUT2D eigenvalue weighted by atomic mass is 32.2. The molecule has 2 unspecified atom stereocenters. The Morgan fingerprint density at radius 1 is 1.37 bits per heavy atom. The van der Waals surface area contributed by atoms with Gasteiger partial charge in [-0.15, -0.1) is 0 Å². The van der Waals surface area contributed by atoms with Crippen LogP contribution in [0, 0.1) is 0 Å². The molecular formula is C15H25N3S. The van der Waals surface area contributed by atoms with Crippen LogP contribution in [0.15, 0.2) is 18.5 Å². The van der Waals surface area contributed by atoms with Gasteiger partial charge < -0.3 is 10.2 Å². The van der Waals surface area contributed by atoms with Crippen molar-refractivity contribution in [2.75, 3.05) is 24.5 Å². The van der Waals surface area contributed by atoms with Crippen molar-refractivity contribution in [3.8, 4) is 0 Å². The number of nitrogens with zero attached hydrogens (tertiary/aromatic N) is 2. The quantitative estimate of drug-likeness (QED) is 0.839. The Morgan fingerprint density at radius 3 is 2.79 bits per heavy atom. The van der Waals surface area contributed by atoms with Gasteiger partial charge in [-0.2, -0.15) is 11.8 Å². The van der Waals surface area contributed by atoms with Crippen LogP contribution in [0.4, 0.5) is 5.69 Å². The summed E-state index contributed by atoms with van der Waals surface area (Å²) in [6, 6.07) is 2.17. The molecule has 0 bridgehead atoms. The van der Waals surface area contributed by atoms with Gasteiger partial charge in [0.1, 0.15) is 0 Å². The van der Waals surface area contributed by atoms with Crippen molar-refractivity contribution in [1.29, 1.82) is 0 Å². The van der Waals surface area contributed by atoms with E-state index >= 15 is 0 Å². The van der Waals surface area contributed by atoms with E-state index in [9.17, 15) is 0 Å². The van der Waals surface area contributed by atoms with Crippen molar-refractivity contribution in [3.63, 3.8) is 0 Å². The van der Waals surface area contributed by atoms with E-state index in [0.29, 0.717) is 10.5 Å². The highest BCUT2D eigenvalue weighted by Crippen LogP contribution is 2.30. The summed E-state index contributed by atoms with van der Waals surface area (Å²) in [4.78, 5) is 6.81. The van der Waals surface area contributed by atoms with Crippen molar-refractivity contribution >= 4 is 17.4 Å². The summed E-state index contributed by atoms with van der Waals surface area (Å²) in [6.07, 6.45) is 5.09. The monoisotopic (exact) mass is 279 g/mol. The lowest BCUT2D eigenvalue weighted by molar-refractivity contribution is 0.665. The molecule has 0 amide bonds. The van der Waals surface area contributed by atoms with Gasteiger partial charge in [0.25, 0.3) is 0 Å². The van der Waals surface area contributed by atoms with Gasteiger partial charge in [0, 0.05) is 53.8 Å². The van der Waals surface area contributed by atoms with Gasteiger partial charge in [-0.05, 0) is 19.0 Å². The number of pyridine rings is 1. The van der Waals surface area contributed by atoms with Crippen LogP contribution in [-0.2, 0) is 6.54 Å². The van der Waals surface area contributed by atoms with E-state index in [2.05, 4.69) is 53.8 Å². The normalized spacial score (nSPS) is 23.6. The van der Waals surface area contributed by atoms with Gasteiger partial charge in [-0.25, -0.2) is 0 Å². The van der Waals surface area contributed by atoms with Gasteiger partial charge in [0.2, 0.25) is 0 Å². The second-order valence-electron chi connectivity index (χ2n) is 5.34. The number of thioether (sulfide) groups is 1. The maximum Gasteiger partial charge on any atom is 0.0443 e. The van der Waals surface area contributed by atoms with Crippen LogP contribution in [0.1, 0.15) is 32.8 Å². The minimum Gasteiger partial charge on any atom is -0.369 e.